The van der Waals surface area contributed by atoms with Gasteiger partial charge in [-0.2, -0.15) is 0 Å². The Morgan fingerprint density at radius 1 is 1.24 bits per heavy atom. The first-order chi connectivity index (χ1) is 8.08. The molecule has 94 valence electrons. The summed E-state index contributed by atoms with van der Waals surface area (Å²) in [5, 5.41) is 3.24. The summed E-state index contributed by atoms with van der Waals surface area (Å²) in [6.45, 7) is 9.10. The zero-order valence-corrected chi connectivity index (χ0v) is 11.1. The summed E-state index contributed by atoms with van der Waals surface area (Å²) >= 11 is 0. The van der Waals surface area contributed by atoms with Crippen LogP contribution in [0.4, 0.5) is 5.69 Å². The predicted molar refractivity (Wildman–Crippen MR) is 74.2 cm³/mol. The van der Waals surface area contributed by atoms with Crippen LogP contribution in [-0.4, -0.2) is 12.5 Å². The van der Waals surface area contributed by atoms with Crippen LogP contribution >= 0.6 is 0 Å². The Bertz CT molecular complexity index is 387. The van der Waals surface area contributed by atoms with Gasteiger partial charge in [0.25, 0.3) is 0 Å². The number of benzene rings is 1. The Kier molecular flexibility index (Phi) is 4.97. The lowest BCUT2D eigenvalue weighted by molar-refractivity contribution is 0.905. The largest absolute Gasteiger partial charge is 0.325 e. The van der Waals surface area contributed by atoms with Crippen molar-refractivity contribution < 1.29 is 0 Å². The second-order valence-corrected chi connectivity index (χ2v) is 4.27. The summed E-state index contributed by atoms with van der Waals surface area (Å²) in [6.07, 6.45) is 0.999. The van der Waals surface area contributed by atoms with Crippen molar-refractivity contribution in [3.8, 4) is 0 Å². The van der Waals surface area contributed by atoms with Gasteiger partial charge in [0.15, 0.2) is 0 Å². The van der Waals surface area contributed by atoms with E-state index >= 15 is 0 Å². The van der Waals surface area contributed by atoms with E-state index in [-0.39, 0.29) is 0 Å². The van der Waals surface area contributed by atoms with Crippen molar-refractivity contribution in [3.63, 3.8) is 0 Å². The van der Waals surface area contributed by atoms with Crippen molar-refractivity contribution >= 4 is 11.6 Å². The van der Waals surface area contributed by atoms with Gasteiger partial charge >= 0.3 is 0 Å². The summed E-state index contributed by atoms with van der Waals surface area (Å²) < 4.78 is 0. The van der Waals surface area contributed by atoms with E-state index in [0.717, 1.165) is 18.7 Å². The molecule has 0 saturated carbocycles. The molecule has 1 aromatic carbocycles. The third kappa shape index (κ3) is 3.75. The number of hydrogen-bond donors (Lipinski definition) is 3. The minimum absolute atomic E-state index is 0.613. The lowest BCUT2D eigenvalue weighted by Gasteiger charge is -2.15. The van der Waals surface area contributed by atoms with Gasteiger partial charge in [-0.05, 0) is 38.3 Å². The van der Waals surface area contributed by atoms with Crippen molar-refractivity contribution in [3.05, 3.63) is 28.8 Å². The van der Waals surface area contributed by atoms with Crippen molar-refractivity contribution in [2.45, 2.75) is 34.1 Å². The second-order valence-electron chi connectivity index (χ2n) is 4.27. The molecular formula is C13H22N4. The molecular weight excluding hydrogens is 212 g/mol. The number of nitrogens with two attached hydrogens (primary N) is 1. The fourth-order valence-corrected chi connectivity index (χ4v) is 1.84. The van der Waals surface area contributed by atoms with Crippen LogP contribution in [0.15, 0.2) is 17.1 Å². The van der Waals surface area contributed by atoms with E-state index in [9.17, 15) is 0 Å². The van der Waals surface area contributed by atoms with Crippen molar-refractivity contribution in [1.82, 2.24) is 5.43 Å². The number of hydrogen-bond acceptors (Lipinski definition) is 2. The molecule has 4 N–H and O–H groups in total. The van der Waals surface area contributed by atoms with Gasteiger partial charge in [0, 0.05) is 12.2 Å². The van der Waals surface area contributed by atoms with Crippen molar-refractivity contribution in [1.29, 1.82) is 0 Å². The highest BCUT2D eigenvalue weighted by Crippen LogP contribution is 2.21. The lowest BCUT2D eigenvalue weighted by atomic mass is 10.1. The summed E-state index contributed by atoms with van der Waals surface area (Å²) in [5.41, 5.74) is 7.32. The molecule has 0 unspecified atom stereocenters. The average molecular weight is 234 g/mol. The number of nitrogens with zero attached hydrogens (tertiary/aromatic N) is 1. The van der Waals surface area contributed by atoms with E-state index in [1.54, 1.807) is 0 Å². The molecule has 0 spiro atoms. The second kappa shape index (κ2) is 6.25. The van der Waals surface area contributed by atoms with Gasteiger partial charge in [0.1, 0.15) is 0 Å². The molecule has 0 aliphatic carbocycles. The van der Waals surface area contributed by atoms with Crippen LogP contribution in [-0.2, 0) is 0 Å². The molecule has 0 aliphatic rings. The summed E-state index contributed by atoms with van der Waals surface area (Å²) in [7, 11) is 0. The number of guanidine groups is 1. The van der Waals surface area contributed by atoms with Crippen molar-refractivity contribution in [2.24, 2.45) is 10.8 Å². The molecule has 1 aromatic rings. The number of hydrazine groups is 1. The molecule has 0 radical (unpaired) electrons. The Morgan fingerprint density at radius 2 is 1.82 bits per heavy atom. The molecule has 0 aliphatic heterocycles. The van der Waals surface area contributed by atoms with Crippen LogP contribution in [0.3, 0.4) is 0 Å². The minimum Gasteiger partial charge on any atom is -0.325 e. The number of aliphatic imine (C=N–C) groups is 1. The van der Waals surface area contributed by atoms with Gasteiger partial charge in [-0.1, -0.05) is 24.6 Å². The first-order valence-electron chi connectivity index (χ1n) is 5.94. The zero-order valence-electron chi connectivity index (χ0n) is 11.1. The smallest absolute Gasteiger partial charge is 0.210 e. The fraction of sp³-hybridized carbons (Fsp3) is 0.462. The molecule has 0 heterocycles. The van der Waals surface area contributed by atoms with Gasteiger partial charge in [-0.15, -0.1) is 0 Å². The van der Waals surface area contributed by atoms with Crippen molar-refractivity contribution in [2.75, 3.05) is 11.9 Å². The van der Waals surface area contributed by atoms with E-state index in [0.29, 0.717) is 5.96 Å². The number of nitrogens with one attached hydrogen (secondary N) is 2. The Labute approximate surface area is 103 Å². The van der Waals surface area contributed by atoms with E-state index in [4.69, 9.17) is 5.84 Å². The zero-order chi connectivity index (χ0) is 12.8. The quantitative estimate of drug-likeness (QED) is 0.325. The molecule has 0 aromatic heterocycles. The Balaban J connectivity index is 2.94. The van der Waals surface area contributed by atoms with Gasteiger partial charge < -0.3 is 5.32 Å². The van der Waals surface area contributed by atoms with E-state index < -0.39 is 0 Å². The number of aryl methyl sites for hydroxylation is 3. The highest BCUT2D eigenvalue weighted by Gasteiger charge is 2.05. The molecule has 0 fully saturated rings. The Hall–Kier alpha value is -1.55. The highest BCUT2D eigenvalue weighted by atomic mass is 15.3. The average Bonchev–Trinajstić information content (AvgIpc) is 2.27. The first kappa shape index (κ1) is 13.5. The van der Waals surface area contributed by atoms with Crippen LogP contribution in [0, 0.1) is 20.8 Å². The molecule has 4 nitrogen and oxygen atoms in total. The predicted octanol–water partition coefficient (Wildman–Crippen LogP) is 2.25. The van der Waals surface area contributed by atoms with E-state index in [1.165, 1.54) is 16.7 Å². The molecule has 0 atom stereocenters. The lowest BCUT2D eigenvalue weighted by Crippen LogP contribution is -2.36. The first-order valence-corrected chi connectivity index (χ1v) is 5.94. The van der Waals surface area contributed by atoms with Crippen LogP contribution in [0.1, 0.15) is 30.0 Å². The molecule has 1 rings (SSSR count). The maximum absolute atomic E-state index is 5.45. The number of anilines is 1. The third-order valence-electron chi connectivity index (χ3n) is 2.55. The summed E-state index contributed by atoms with van der Waals surface area (Å²) in [4.78, 5) is 4.33. The van der Waals surface area contributed by atoms with Crippen LogP contribution in [0.25, 0.3) is 0 Å². The van der Waals surface area contributed by atoms with Gasteiger partial charge in [-0.3, -0.25) is 10.4 Å². The summed E-state index contributed by atoms with van der Waals surface area (Å²) in [5.74, 6) is 6.06. The van der Waals surface area contributed by atoms with E-state index in [2.05, 4.69) is 55.6 Å². The normalized spacial score (nSPS) is 11.5. The molecule has 4 heteroatoms. The third-order valence-corrected chi connectivity index (χ3v) is 2.55. The van der Waals surface area contributed by atoms with Crippen LogP contribution in [0.5, 0.6) is 0 Å². The fourth-order valence-electron chi connectivity index (χ4n) is 1.84. The van der Waals surface area contributed by atoms with E-state index in [1.807, 2.05) is 0 Å². The monoisotopic (exact) mass is 234 g/mol. The molecule has 0 bridgehead atoms. The van der Waals surface area contributed by atoms with Crippen LogP contribution in [0.2, 0.25) is 0 Å². The van der Waals surface area contributed by atoms with Gasteiger partial charge in [-0.25, -0.2) is 5.84 Å². The topological polar surface area (TPSA) is 62.4 Å². The van der Waals surface area contributed by atoms with Crippen LogP contribution < -0.4 is 16.6 Å². The molecule has 0 amide bonds. The van der Waals surface area contributed by atoms with Gasteiger partial charge in [0.2, 0.25) is 5.96 Å². The maximum Gasteiger partial charge on any atom is 0.210 e. The van der Waals surface area contributed by atoms with Gasteiger partial charge in [0.05, 0.1) is 0 Å². The molecule has 17 heavy (non-hydrogen) atoms. The SMILES string of the molecule is CCCN=C(NN)Nc1c(C)cc(C)cc1C. The minimum atomic E-state index is 0.613. The highest BCUT2D eigenvalue weighted by molar-refractivity contribution is 5.94. The summed E-state index contributed by atoms with van der Waals surface area (Å²) in [6, 6.07) is 4.28. The standard InChI is InChI=1S/C13H22N4/c1-5-6-15-13(17-14)16-12-10(3)7-9(2)8-11(12)4/h7-8H,5-6,14H2,1-4H3,(H2,15,16,17). The molecule has 0 saturated heterocycles. The maximum atomic E-state index is 5.45. The Morgan fingerprint density at radius 3 is 2.29 bits per heavy atom. The number of rotatable bonds is 3.